The molecule has 4 heteroatoms. The van der Waals surface area contributed by atoms with Crippen molar-refractivity contribution in [2.24, 2.45) is 5.92 Å². The van der Waals surface area contributed by atoms with Crippen LogP contribution in [0.15, 0.2) is 30.3 Å². The summed E-state index contributed by atoms with van der Waals surface area (Å²) in [5, 5.41) is 3.28. The molecule has 0 aromatic heterocycles. The van der Waals surface area contributed by atoms with Gasteiger partial charge in [-0.3, -0.25) is 4.79 Å². The number of rotatable bonds is 4. The Morgan fingerprint density at radius 1 is 1.09 bits per heavy atom. The molecule has 2 atom stereocenters. The van der Waals surface area contributed by atoms with Crippen LogP contribution in [-0.2, 0) is 4.79 Å². The molecule has 1 N–H and O–H groups in total. The first-order chi connectivity index (χ1) is 11.2. The molecule has 2 fully saturated rings. The number of para-hydroxylation sites is 1. The fraction of sp³-hybridized carbons (Fsp3) is 0.632. The van der Waals surface area contributed by atoms with Gasteiger partial charge in [0.05, 0.1) is 5.92 Å². The number of hydrogen-bond acceptors (Lipinski definition) is 3. The number of amides is 1. The first-order valence-electron chi connectivity index (χ1n) is 8.93. The van der Waals surface area contributed by atoms with Crippen LogP contribution in [0.1, 0.15) is 38.5 Å². The molecule has 1 aliphatic heterocycles. The molecule has 1 aromatic rings. The molecular weight excluding hydrogens is 288 g/mol. The molecular formula is C19H28N2O2. The maximum atomic E-state index is 12.7. The Labute approximate surface area is 139 Å². The third kappa shape index (κ3) is 4.47. The summed E-state index contributed by atoms with van der Waals surface area (Å²) in [6.07, 6.45) is 6.31. The second kappa shape index (κ2) is 7.82. The molecule has 1 amide bonds. The van der Waals surface area contributed by atoms with Gasteiger partial charge in [0.2, 0.25) is 5.91 Å². The Morgan fingerprint density at radius 2 is 1.78 bits per heavy atom. The van der Waals surface area contributed by atoms with E-state index in [0.717, 1.165) is 57.4 Å². The Kier molecular flexibility index (Phi) is 5.55. The van der Waals surface area contributed by atoms with Gasteiger partial charge in [-0.2, -0.15) is 0 Å². The smallest absolute Gasteiger partial charge is 0.227 e. The average molecular weight is 316 g/mol. The van der Waals surface area contributed by atoms with Crippen LogP contribution < -0.4 is 10.1 Å². The van der Waals surface area contributed by atoms with Crippen molar-refractivity contribution in [2.75, 3.05) is 20.1 Å². The van der Waals surface area contributed by atoms with Gasteiger partial charge in [0, 0.05) is 6.04 Å². The first-order valence-corrected chi connectivity index (χ1v) is 8.93. The second-order valence-electron chi connectivity index (χ2n) is 6.95. The molecule has 1 heterocycles. The van der Waals surface area contributed by atoms with Crippen LogP contribution in [0.5, 0.6) is 5.75 Å². The van der Waals surface area contributed by atoms with Gasteiger partial charge in [-0.25, -0.2) is 0 Å². The van der Waals surface area contributed by atoms with E-state index in [2.05, 4.69) is 17.3 Å². The molecule has 23 heavy (non-hydrogen) atoms. The number of nitrogens with zero attached hydrogens (tertiary/aromatic N) is 1. The second-order valence-corrected chi connectivity index (χ2v) is 6.95. The van der Waals surface area contributed by atoms with Gasteiger partial charge in [0.15, 0.2) is 0 Å². The minimum atomic E-state index is -0.0105. The number of benzene rings is 1. The SMILES string of the molecule is CN1CCC(NC(=O)C2CCCCC2Oc2ccccc2)CC1. The van der Waals surface area contributed by atoms with E-state index in [-0.39, 0.29) is 17.9 Å². The topological polar surface area (TPSA) is 41.6 Å². The lowest BCUT2D eigenvalue weighted by Gasteiger charge is -2.34. The number of ether oxygens (including phenoxy) is 1. The highest BCUT2D eigenvalue weighted by Crippen LogP contribution is 2.29. The predicted molar refractivity (Wildman–Crippen MR) is 91.5 cm³/mol. The van der Waals surface area contributed by atoms with E-state index < -0.39 is 0 Å². The van der Waals surface area contributed by atoms with Gasteiger partial charge < -0.3 is 15.0 Å². The predicted octanol–water partition coefficient (Wildman–Crippen LogP) is 2.83. The summed E-state index contributed by atoms with van der Waals surface area (Å²) in [5.74, 6) is 1.06. The fourth-order valence-corrected chi connectivity index (χ4v) is 3.67. The van der Waals surface area contributed by atoms with Crippen LogP contribution in [0.25, 0.3) is 0 Å². The molecule has 0 bridgehead atoms. The Bertz CT molecular complexity index is 497. The molecule has 3 rings (SSSR count). The van der Waals surface area contributed by atoms with Crippen molar-refractivity contribution in [3.05, 3.63) is 30.3 Å². The van der Waals surface area contributed by atoms with Crippen molar-refractivity contribution in [3.8, 4) is 5.75 Å². The summed E-state index contributed by atoms with van der Waals surface area (Å²) >= 11 is 0. The van der Waals surface area contributed by atoms with E-state index in [9.17, 15) is 4.79 Å². The summed E-state index contributed by atoms with van der Waals surface area (Å²) in [6.45, 7) is 2.14. The number of carbonyl (C=O) groups excluding carboxylic acids is 1. The maximum absolute atomic E-state index is 12.7. The highest BCUT2D eigenvalue weighted by molar-refractivity contribution is 5.79. The van der Waals surface area contributed by atoms with E-state index in [0.29, 0.717) is 6.04 Å². The van der Waals surface area contributed by atoms with E-state index in [1.165, 1.54) is 0 Å². The largest absolute Gasteiger partial charge is 0.490 e. The van der Waals surface area contributed by atoms with Gasteiger partial charge in [-0.1, -0.05) is 24.6 Å². The van der Waals surface area contributed by atoms with Crippen LogP contribution in [0.3, 0.4) is 0 Å². The molecule has 1 saturated heterocycles. The van der Waals surface area contributed by atoms with Crippen LogP contribution >= 0.6 is 0 Å². The Morgan fingerprint density at radius 3 is 2.52 bits per heavy atom. The molecule has 4 nitrogen and oxygen atoms in total. The third-order valence-corrected chi connectivity index (χ3v) is 5.13. The molecule has 2 unspecified atom stereocenters. The van der Waals surface area contributed by atoms with Gasteiger partial charge in [-0.15, -0.1) is 0 Å². The van der Waals surface area contributed by atoms with E-state index >= 15 is 0 Å². The molecule has 126 valence electrons. The molecule has 1 aliphatic carbocycles. The fourth-order valence-electron chi connectivity index (χ4n) is 3.67. The van der Waals surface area contributed by atoms with Crippen molar-refractivity contribution in [1.82, 2.24) is 10.2 Å². The first kappa shape index (κ1) is 16.3. The molecule has 1 saturated carbocycles. The van der Waals surface area contributed by atoms with Crippen LogP contribution in [0, 0.1) is 5.92 Å². The van der Waals surface area contributed by atoms with E-state index in [4.69, 9.17) is 4.74 Å². The van der Waals surface area contributed by atoms with Gasteiger partial charge >= 0.3 is 0 Å². The number of nitrogens with one attached hydrogen (secondary N) is 1. The van der Waals surface area contributed by atoms with Gasteiger partial charge in [0.1, 0.15) is 11.9 Å². The highest BCUT2D eigenvalue weighted by Gasteiger charge is 2.33. The Balaban J connectivity index is 1.58. The molecule has 0 radical (unpaired) electrons. The van der Waals surface area contributed by atoms with Crippen LogP contribution in [0.4, 0.5) is 0 Å². The van der Waals surface area contributed by atoms with Crippen molar-refractivity contribution in [1.29, 1.82) is 0 Å². The maximum Gasteiger partial charge on any atom is 0.227 e. The number of piperidine rings is 1. The normalized spacial score (nSPS) is 26.7. The lowest BCUT2D eigenvalue weighted by atomic mass is 9.85. The quantitative estimate of drug-likeness (QED) is 0.929. The zero-order valence-corrected chi connectivity index (χ0v) is 14.0. The highest BCUT2D eigenvalue weighted by atomic mass is 16.5. The summed E-state index contributed by atoms with van der Waals surface area (Å²) in [6, 6.07) is 10.2. The zero-order chi connectivity index (χ0) is 16.1. The van der Waals surface area contributed by atoms with Crippen molar-refractivity contribution in [3.63, 3.8) is 0 Å². The lowest BCUT2D eigenvalue weighted by molar-refractivity contribution is -0.130. The number of carbonyl (C=O) groups is 1. The van der Waals surface area contributed by atoms with Crippen molar-refractivity contribution >= 4 is 5.91 Å². The average Bonchev–Trinajstić information content (AvgIpc) is 2.58. The van der Waals surface area contributed by atoms with E-state index in [1.807, 2.05) is 30.3 Å². The van der Waals surface area contributed by atoms with Crippen LogP contribution in [-0.4, -0.2) is 43.1 Å². The zero-order valence-electron chi connectivity index (χ0n) is 14.0. The van der Waals surface area contributed by atoms with Crippen LogP contribution in [0.2, 0.25) is 0 Å². The van der Waals surface area contributed by atoms with Crippen molar-refractivity contribution < 1.29 is 9.53 Å². The summed E-state index contributed by atoms with van der Waals surface area (Å²) in [7, 11) is 2.14. The minimum Gasteiger partial charge on any atom is -0.490 e. The third-order valence-electron chi connectivity index (χ3n) is 5.13. The lowest BCUT2D eigenvalue weighted by Crippen LogP contribution is -2.48. The molecule has 0 spiro atoms. The number of likely N-dealkylation sites (tertiary alicyclic amines) is 1. The molecule has 2 aliphatic rings. The summed E-state index contributed by atoms with van der Waals surface area (Å²) < 4.78 is 6.13. The molecule has 1 aromatic carbocycles. The van der Waals surface area contributed by atoms with E-state index in [1.54, 1.807) is 0 Å². The monoisotopic (exact) mass is 316 g/mol. The summed E-state index contributed by atoms with van der Waals surface area (Å²) in [4.78, 5) is 15.1. The Hall–Kier alpha value is -1.55. The van der Waals surface area contributed by atoms with Gasteiger partial charge in [0.25, 0.3) is 0 Å². The van der Waals surface area contributed by atoms with Crippen molar-refractivity contribution in [2.45, 2.75) is 50.7 Å². The summed E-state index contributed by atoms with van der Waals surface area (Å²) in [5.41, 5.74) is 0. The standard InChI is InChI=1S/C19H28N2O2/c1-21-13-11-15(12-14-21)20-19(22)17-9-5-6-10-18(17)23-16-7-3-2-4-8-16/h2-4,7-8,15,17-18H,5-6,9-14H2,1H3,(H,20,22). The minimum absolute atomic E-state index is 0.0105. The number of hydrogen-bond donors (Lipinski definition) is 1. The van der Waals surface area contributed by atoms with Gasteiger partial charge in [-0.05, 0) is 64.4 Å².